The SMILES string of the molecule is N#CC1CCCCC1NC1CCC(=O)NC1=O. The fourth-order valence-corrected chi connectivity index (χ4v) is 2.60. The molecule has 1 heterocycles. The summed E-state index contributed by atoms with van der Waals surface area (Å²) in [5, 5.41) is 14.6. The van der Waals surface area contributed by atoms with Crippen molar-refractivity contribution in [3.63, 3.8) is 0 Å². The first-order valence-corrected chi connectivity index (χ1v) is 6.20. The van der Waals surface area contributed by atoms with Crippen LogP contribution in [0.15, 0.2) is 0 Å². The van der Waals surface area contributed by atoms with Crippen LogP contribution < -0.4 is 10.6 Å². The van der Waals surface area contributed by atoms with Crippen LogP contribution in [0, 0.1) is 17.2 Å². The van der Waals surface area contributed by atoms with Crippen molar-refractivity contribution in [2.24, 2.45) is 5.92 Å². The normalized spacial score (nSPS) is 33.9. The van der Waals surface area contributed by atoms with E-state index in [4.69, 9.17) is 5.26 Å². The maximum atomic E-state index is 11.6. The number of rotatable bonds is 2. The van der Waals surface area contributed by atoms with Gasteiger partial charge in [0.15, 0.2) is 0 Å². The minimum absolute atomic E-state index is 0.00539. The summed E-state index contributed by atoms with van der Waals surface area (Å²) < 4.78 is 0. The minimum Gasteiger partial charge on any atom is -0.302 e. The van der Waals surface area contributed by atoms with E-state index in [1.165, 1.54) is 0 Å². The minimum atomic E-state index is -0.313. The lowest BCUT2D eigenvalue weighted by atomic mass is 9.84. The standard InChI is InChI=1S/C12H17N3O2/c13-7-8-3-1-2-4-9(8)14-10-5-6-11(16)15-12(10)17/h8-10,14H,1-6H2,(H,15,16,17). The third-order valence-corrected chi connectivity index (χ3v) is 3.59. The highest BCUT2D eigenvalue weighted by atomic mass is 16.2. The Labute approximate surface area is 101 Å². The number of piperidine rings is 1. The van der Waals surface area contributed by atoms with Crippen molar-refractivity contribution in [3.05, 3.63) is 0 Å². The third kappa shape index (κ3) is 2.83. The summed E-state index contributed by atoms with van der Waals surface area (Å²) in [5.41, 5.74) is 0. The third-order valence-electron chi connectivity index (χ3n) is 3.59. The fourth-order valence-electron chi connectivity index (χ4n) is 2.60. The van der Waals surface area contributed by atoms with E-state index < -0.39 is 0 Å². The Balaban J connectivity index is 1.93. The smallest absolute Gasteiger partial charge is 0.243 e. The molecule has 5 heteroatoms. The second kappa shape index (κ2) is 5.28. The van der Waals surface area contributed by atoms with Crippen LogP contribution in [0.4, 0.5) is 0 Å². The maximum Gasteiger partial charge on any atom is 0.243 e. The topological polar surface area (TPSA) is 82.0 Å². The quantitative estimate of drug-likeness (QED) is 0.681. The van der Waals surface area contributed by atoms with Gasteiger partial charge in [-0.1, -0.05) is 12.8 Å². The maximum absolute atomic E-state index is 11.6. The number of hydrogen-bond donors (Lipinski definition) is 2. The predicted octanol–water partition coefficient (Wildman–Crippen LogP) is 0.464. The summed E-state index contributed by atoms with van der Waals surface area (Å²) in [5.74, 6) is -0.453. The second-order valence-corrected chi connectivity index (χ2v) is 4.80. The van der Waals surface area contributed by atoms with E-state index in [2.05, 4.69) is 16.7 Å². The summed E-state index contributed by atoms with van der Waals surface area (Å²) in [7, 11) is 0. The molecule has 1 saturated carbocycles. The van der Waals surface area contributed by atoms with Crippen LogP contribution in [0.1, 0.15) is 38.5 Å². The van der Waals surface area contributed by atoms with Gasteiger partial charge < -0.3 is 5.32 Å². The van der Waals surface area contributed by atoms with Gasteiger partial charge in [-0.2, -0.15) is 5.26 Å². The molecule has 92 valence electrons. The molecule has 5 nitrogen and oxygen atoms in total. The molecule has 0 radical (unpaired) electrons. The molecule has 1 saturated heterocycles. The first-order chi connectivity index (χ1) is 8.20. The Morgan fingerprint density at radius 1 is 1.24 bits per heavy atom. The zero-order valence-electron chi connectivity index (χ0n) is 9.74. The van der Waals surface area contributed by atoms with E-state index >= 15 is 0 Å². The van der Waals surface area contributed by atoms with Gasteiger partial charge in [-0.05, 0) is 19.3 Å². The summed E-state index contributed by atoms with van der Waals surface area (Å²) >= 11 is 0. The Kier molecular flexibility index (Phi) is 3.75. The van der Waals surface area contributed by atoms with Crippen molar-refractivity contribution >= 4 is 11.8 Å². The highest BCUT2D eigenvalue weighted by Crippen LogP contribution is 2.24. The Morgan fingerprint density at radius 2 is 2.00 bits per heavy atom. The molecule has 1 aliphatic heterocycles. The van der Waals surface area contributed by atoms with Gasteiger partial charge >= 0.3 is 0 Å². The molecule has 2 amide bonds. The Morgan fingerprint density at radius 3 is 2.71 bits per heavy atom. The van der Waals surface area contributed by atoms with Gasteiger partial charge in [0.2, 0.25) is 11.8 Å². The molecular weight excluding hydrogens is 218 g/mol. The molecule has 0 spiro atoms. The highest BCUT2D eigenvalue weighted by Gasteiger charge is 2.32. The van der Waals surface area contributed by atoms with E-state index in [1.54, 1.807) is 0 Å². The summed E-state index contributed by atoms with van der Waals surface area (Å²) in [4.78, 5) is 22.6. The fraction of sp³-hybridized carbons (Fsp3) is 0.750. The van der Waals surface area contributed by atoms with Crippen LogP contribution in [-0.2, 0) is 9.59 Å². The van der Waals surface area contributed by atoms with E-state index in [-0.39, 0.29) is 29.8 Å². The van der Waals surface area contributed by atoms with Gasteiger partial charge in [0, 0.05) is 12.5 Å². The van der Waals surface area contributed by atoms with Crippen LogP contribution in [0.25, 0.3) is 0 Å². The average Bonchev–Trinajstić information content (AvgIpc) is 2.33. The number of amides is 2. The second-order valence-electron chi connectivity index (χ2n) is 4.80. The molecule has 2 rings (SSSR count). The van der Waals surface area contributed by atoms with Crippen LogP contribution in [0.2, 0.25) is 0 Å². The van der Waals surface area contributed by atoms with Gasteiger partial charge in [-0.15, -0.1) is 0 Å². The number of carbonyl (C=O) groups is 2. The Hall–Kier alpha value is -1.41. The summed E-state index contributed by atoms with van der Waals surface area (Å²) in [6.45, 7) is 0. The molecule has 17 heavy (non-hydrogen) atoms. The highest BCUT2D eigenvalue weighted by molar-refractivity contribution is 6.00. The molecule has 0 aromatic heterocycles. The van der Waals surface area contributed by atoms with Crippen LogP contribution in [0.5, 0.6) is 0 Å². The van der Waals surface area contributed by atoms with E-state index in [0.29, 0.717) is 12.8 Å². The van der Waals surface area contributed by atoms with E-state index in [0.717, 1.165) is 25.7 Å². The number of nitriles is 1. The van der Waals surface area contributed by atoms with Crippen molar-refractivity contribution in [2.75, 3.05) is 0 Å². The first-order valence-electron chi connectivity index (χ1n) is 6.20. The van der Waals surface area contributed by atoms with Gasteiger partial charge in [0.25, 0.3) is 0 Å². The molecular formula is C12H17N3O2. The van der Waals surface area contributed by atoms with Crippen molar-refractivity contribution in [1.82, 2.24) is 10.6 Å². The number of nitrogens with one attached hydrogen (secondary N) is 2. The van der Waals surface area contributed by atoms with Crippen molar-refractivity contribution in [2.45, 2.75) is 50.6 Å². The average molecular weight is 235 g/mol. The first kappa shape index (κ1) is 12.1. The lowest BCUT2D eigenvalue weighted by Crippen LogP contribution is -2.55. The number of carbonyl (C=O) groups excluding carboxylic acids is 2. The zero-order valence-corrected chi connectivity index (χ0v) is 9.74. The lowest BCUT2D eigenvalue weighted by molar-refractivity contribution is -0.135. The predicted molar refractivity (Wildman–Crippen MR) is 60.7 cm³/mol. The number of imide groups is 1. The monoisotopic (exact) mass is 235 g/mol. The molecule has 0 bridgehead atoms. The summed E-state index contributed by atoms with van der Waals surface area (Å²) in [6, 6.07) is 2.09. The Bertz CT molecular complexity index is 361. The van der Waals surface area contributed by atoms with E-state index in [9.17, 15) is 9.59 Å². The van der Waals surface area contributed by atoms with Gasteiger partial charge in [-0.25, -0.2) is 0 Å². The van der Waals surface area contributed by atoms with Crippen molar-refractivity contribution in [3.8, 4) is 6.07 Å². The molecule has 2 aliphatic rings. The number of hydrogen-bond acceptors (Lipinski definition) is 4. The number of nitrogens with zero attached hydrogens (tertiary/aromatic N) is 1. The van der Waals surface area contributed by atoms with Crippen molar-refractivity contribution in [1.29, 1.82) is 5.26 Å². The lowest BCUT2D eigenvalue weighted by Gasteiger charge is -2.32. The molecule has 0 aromatic rings. The molecule has 2 fully saturated rings. The van der Waals surface area contributed by atoms with Crippen molar-refractivity contribution < 1.29 is 9.59 Å². The molecule has 1 aliphatic carbocycles. The van der Waals surface area contributed by atoms with Gasteiger partial charge in [0.1, 0.15) is 0 Å². The summed E-state index contributed by atoms with van der Waals surface area (Å²) in [6.07, 6.45) is 4.96. The van der Waals surface area contributed by atoms with Crippen LogP contribution in [-0.4, -0.2) is 23.9 Å². The largest absolute Gasteiger partial charge is 0.302 e. The molecule has 3 unspecified atom stereocenters. The zero-order chi connectivity index (χ0) is 12.3. The van der Waals surface area contributed by atoms with Crippen LogP contribution >= 0.6 is 0 Å². The van der Waals surface area contributed by atoms with Gasteiger partial charge in [0.05, 0.1) is 18.0 Å². The van der Waals surface area contributed by atoms with Gasteiger partial charge in [-0.3, -0.25) is 14.9 Å². The molecule has 0 aromatic carbocycles. The molecule has 3 atom stereocenters. The van der Waals surface area contributed by atoms with Crippen LogP contribution in [0.3, 0.4) is 0 Å². The molecule has 2 N–H and O–H groups in total. The van der Waals surface area contributed by atoms with E-state index in [1.807, 2.05) is 0 Å².